The lowest BCUT2D eigenvalue weighted by Crippen LogP contribution is -2.35. The summed E-state index contributed by atoms with van der Waals surface area (Å²) in [6.07, 6.45) is 17.0. The van der Waals surface area contributed by atoms with Crippen molar-refractivity contribution >= 4 is 0 Å². The molecule has 0 unspecified atom stereocenters. The van der Waals surface area contributed by atoms with Crippen molar-refractivity contribution in [3.8, 4) is 0 Å². The van der Waals surface area contributed by atoms with Gasteiger partial charge >= 0.3 is 0 Å². The SMILES string of the molecule is CCCCCCCCCCCCO[C@H]1CCCNC1. The van der Waals surface area contributed by atoms with Crippen molar-refractivity contribution in [1.82, 2.24) is 5.32 Å². The maximum Gasteiger partial charge on any atom is 0.0699 e. The number of piperidine rings is 1. The van der Waals surface area contributed by atoms with E-state index in [4.69, 9.17) is 4.74 Å². The van der Waals surface area contributed by atoms with Gasteiger partial charge in [0, 0.05) is 13.2 Å². The highest BCUT2D eigenvalue weighted by atomic mass is 16.5. The number of hydrogen-bond donors (Lipinski definition) is 1. The summed E-state index contributed by atoms with van der Waals surface area (Å²) < 4.78 is 5.89. The van der Waals surface area contributed by atoms with E-state index in [2.05, 4.69) is 12.2 Å². The Kier molecular flexibility index (Phi) is 11.5. The lowest BCUT2D eigenvalue weighted by atomic mass is 10.1. The van der Waals surface area contributed by atoms with Gasteiger partial charge in [-0.2, -0.15) is 0 Å². The van der Waals surface area contributed by atoms with Crippen LogP contribution in [0, 0.1) is 0 Å². The van der Waals surface area contributed by atoms with Crippen LogP contribution in [0.3, 0.4) is 0 Å². The van der Waals surface area contributed by atoms with Crippen molar-refractivity contribution < 1.29 is 4.74 Å². The van der Waals surface area contributed by atoms with E-state index >= 15 is 0 Å². The van der Waals surface area contributed by atoms with Crippen molar-refractivity contribution in [2.24, 2.45) is 0 Å². The van der Waals surface area contributed by atoms with E-state index in [1.807, 2.05) is 0 Å². The normalized spacial score (nSPS) is 19.7. The third-order valence-corrected chi connectivity index (χ3v) is 4.10. The standard InChI is InChI=1S/C17H35NO/c1-2-3-4-5-6-7-8-9-10-11-15-19-17-13-12-14-18-16-17/h17-18H,2-16H2,1H3/t17-/m0/s1. The largest absolute Gasteiger partial charge is 0.377 e. The molecule has 0 aliphatic carbocycles. The Hall–Kier alpha value is -0.0800. The Morgan fingerprint density at radius 1 is 0.895 bits per heavy atom. The Labute approximate surface area is 120 Å². The van der Waals surface area contributed by atoms with E-state index in [-0.39, 0.29) is 0 Å². The Balaban J connectivity index is 1.71. The van der Waals surface area contributed by atoms with Gasteiger partial charge in [-0.05, 0) is 25.8 Å². The summed E-state index contributed by atoms with van der Waals surface area (Å²) in [5, 5.41) is 3.40. The van der Waals surface area contributed by atoms with Crippen molar-refractivity contribution in [3.05, 3.63) is 0 Å². The summed E-state index contributed by atoms with van der Waals surface area (Å²) in [6, 6.07) is 0. The quantitative estimate of drug-likeness (QED) is 0.520. The molecule has 1 heterocycles. The molecule has 0 radical (unpaired) electrons. The topological polar surface area (TPSA) is 21.3 Å². The molecule has 0 amide bonds. The summed E-state index contributed by atoms with van der Waals surface area (Å²) in [4.78, 5) is 0. The molecule has 1 aliphatic rings. The predicted octanol–water partition coefficient (Wildman–Crippen LogP) is 4.68. The fourth-order valence-corrected chi connectivity index (χ4v) is 2.80. The van der Waals surface area contributed by atoms with E-state index in [1.54, 1.807) is 0 Å². The van der Waals surface area contributed by atoms with Gasteiger partial charge in [0.1, 0.15) is 0 Å². The van der Waals surface area contributed by atoms with Crippen LogP contribution in [0.1, 0.15) is 84.0 Å². The fraction of sp³-hybridized carbons (Fsp3) is 1.00. The van der Waals surface area contributed by atoms with Gasteiger partial charge in [0.05, 0.1) is 6.10 Å². The van der Waals surface area contributed by atoms with Crippen LogP contribution in [0.2, 0.25) is 0 Å². The van der Waals surface area contributed by atoms with Gasteiger partial charge in [-0.1, -0.05) is 64.7 Å². The first-order chi connectivity index (χ1) is 9.43. The molecule has 114 valence electrons. The van der Waals surface area contributed by atoms with Crippen molar-refractivity contribution in [2.45, 2.75) is 90.1 Å². The highest BCUT2D eigenvalue weighted by Crippen LogP contribution is 2.11. The van der Waals surface area contributed by atoms with Crippen LogP contribution in [-0.4, -0.2) is 25.8 Å². The molecule has 1 atom stereocenters. The molecule has 1 aliphatic heterocycles. The second-order valence-corrected chi connectivity index (χ2v) is 6.02. The van der Waals surface area contributed by atoms with Crippen LogP contribution in [0.25, 0.3) is 0 Å². The summed E-state index contributed by atoms with van der Waals surface area (Å²) in [5.74, 6) is 0. The predicted molar refractivity (Wildman–Crippen MR) is 83.7 cm³/mol. The van der Waals surface area contributed by atoms with Crippen LogP contribution >= 0.6 is 0 Å². The molecule has 0 spiro atoms. The van der Waals surface area contributed by atoms with E-state index < -0.39 is 0 Å². The van der Waals surface area contributed by atoms with Gasteiger partial charge in [-0.3, -0.25) is 0 Å². The molecule has 19 heavy (non-hydrogen) atoms. The average molecular weight is 269 g/mol. The van der Waals surface area contributed by atoms with Crippen LogP contribution in [0.15, 0.2) is 0 Å². The first-order valence-electron chi connectivity index (χ1n) is 8.76. The zero-order valence-corrected chi connectivity index (χ0v) is 13.1. The second-order valence-electron chi connectivity index (χ2n) is 6.02. The van der Waals surface area contributed by atoms with Gasteiger partial charge in [0.25, 0.3) is 0 Å². The maximum atomic E-state index is 5.89. The zero-order valence-electron chi connectivity index (χ0n) is 13.1. The van der Waals surface area contributed by atoms with Gasteiger partial charge in [0.2, 0.25) is 0 Å². The molecule has 0 bridgehead atoms. The molecule has 0 aromatic rings. The number of hydrogen-bond acceptors (Lipinski definition) is 2. The van der Waals surface area contributed by atoms with Crippen molar-refractivity contribution in [3.63, 3.8) is 0 Å². The molecule has 1 fully saturated rings. The minimum Gasteiger partial charge on any atom is -0.377 e. The second kappa shape index (κ2) is 12.9. The highest BCUT2D eigenvalue weighted by molar-refractivity contribution is 4.68. The molecular weight excluding hydrogens is 234 g/mol. The molecule has 1 saturated heterocycles. The first kappa shape index (κ1) is 17.0. The Bertz CT molecular complexity index is 178. The summed E-state index contributed by atoms with van der Waals surface area (Å²) >= 11 is 0. The Morgan fingerprint density at radius 2 is 1.53 bits per heavy atom. The first-order valence-corrected chi connectivity index (χ1v) is 8.76. The summed E-state index contributed by atoms with van der Waals surface area (Å²) in [6.45, 7) is 5.50. The number of rotatable bonds is 12. The molecular formula is C17H35NO. The molecule has 0 aromatic heterocycles. The highest BCUT2D eigenvalue weighted by Gasteiger charge is 2.12. The number of ether oxygens (including phenoxy) is 1. The lowest BCUT2D eigenvalue weighted by molar-refractivity contribution is 0.0347. The van der Waals surface area contributed by atoms with E-state index in [0.29, 0.717) is 6.10 Å². The number of unbranched alkanes of at least 4 members (excludes halogenated alkanes) is 9. The summed E-state index contributed by atoms with van der Waals surface area (Å²) in [5.41, 5.74) is 0. The molecule has 0 aromatic carbocycles. The van der Waals surface area contributed by atoms with Crippen LogP contribution in [0.5, 0.6) is 0 Å². The summed E-state index contributed by atoms with van der Waals surface area (Å²) in [7, 11) is 0. The molecule has 0 saturated carbocycles. The minimum atomic E-state index is 0.493. The third kappa shape index (κ3) is 10.4. The van der Waals surface area contributed by atoms with Crippen molar-refractivity contribution in [1.29, 1.82) is 0 Å². The van der Waals surface area contributed by atoms with Gasteiger partial charge in [-0.15, -0.1) is 0 Å². The van der Waals surface area contributed by atoms with Crippen LogP contribution in [-0.2, 0) is 4.74 Å². The molecule has 2 nitrogen and oxygen atoms in total. The fourth-order valence-electron chi connectivity index (χ4n) is 2.80. The minimum absolute atomic E-state index is 0.493. The lowest BCUT2D eigenvalue weighted by Gasteiger charge is -2.22. The smallest absolute Gasteiger partial charge is 0.0699 e. The average Bonchev–Trinajstić information content (AvgIpc) is 2.46. The van der Waals surface area contributed by atoms with Crippen LogP contribution in [0.4, 0.5) is 0 Å². The monoisotopic (exact) mass is 269 g/mol. The maximum absolute atomic E-state index is 5.89. The van der Waals surface area contributed by atoms with Gasteiger partial charge in [-0.25, -0.2) is 0 Å². The van der Waals surface area contributed by atoms with E-state index in [0.717, 1.165) is 13.2 Å². The molecule has 1 N–H and O–H groups in total. The third-order valence-electron chi connectivity index (χ3n) is 4.10. The molecule has 2 heteroatoms. The van der Waals surface area contributed by atoms with Crippen molar-refractivity contribution in [2.75, 3.05) is 19.7 Å². The van der Waals surface area contributed by atoms with E-state index in [9.17, 15) is 0 Å². The van der Waals surface area contributed by atoms with Gasteiger partial charge in [0.15, 0.2) is 0 Å². The Morgan fingerprint density at radius 3 is 2.11 bits per heavy atom. The van der Waals surface area contributed by atoms with E-state index in [1.165, 1.54) is 83.6 Å². The number of nitrogens with one attached hydrogen (secondary N) is 1. The van der Waals surface area contributed by atoms with Gasteiger partial charge < -0.3 is 10.1 Å². The molecule has 1 rings (SSSR count). The van der Waals surface area contributed by atoms with Crippen LogP contribution < -0.4 is 5.32 Å². The zero-order chi connectivity index (χ0) is 13.6.